The summed E-state index contributed by atoms with van der Waals surface area (Å²) in [5.74, 6) is 0.115. The molecule has 0 bridgehead atoms. The zero-order chi connectivity index (χ0) is 14.4. The topological polar surface area (TPSA) is 70.8 Å². The molecule has 2 N–H and O–H groups in total. The lowest BCUT2D eigenvalue weighted by atomic mass is 10.0. The molecule has 0 aromatic heterocycles. The molecule has 1 saturated heterocycles. The SMILES string of the molecule is CO[C@H]1[C@H](C)OC(=O)[C@@H](N)CCC[C@@H]1OCC(C)C. The van der Waals surface area contributed by atoms with Crippen molar-refractivity contribution in [3.05, 3.63) is 0 Å². The third-order valence-corrected chi connectivity index (χ3v) is 3.35. The van der Waals surface area contributed by atoms with Gasteiger partial charge in [-0.2, -0.15) is 0 Å². The van der Waals surface area contributed by atoms with E-state index in [4.69, 9.17) is 19.9 Å². The van der Waals surface area contributed by atoms with Crippen molar-refractivity contribution in [1.29, 1.82) is 0 Å². The summed E-state index contributed by atoms with van der Waals surface area (Å²) in [6, 6.07) is -0.538. The zero-order valence-electron chi connectivity index (χ0n) is 12.4. The van der Waals surface area contributed by atoms with Crippen molar-refractivity contribution < 1.29 is 19.0 Å². The van der Waals surface area contributed by atoms with E-state index in [1.54, 1.807) is 7.11 Å². The van der Waals surface area contributed by atoms with Crippen molar-refractivity contribution >= 4 is 5.97 Å². The first-order valence-corrected chi connectivity index (χ1v) is 7.06. The Morgan fingerprint density at radius 2 is 2.11 bits per heavy atom. The second kappa shape index (κ2) is 7.82. The minimum Gasteiger partial charge on any atom is -0.459 e. The summed E-state index contributed by atoms with van der Waals surface area (Å²) in [6.07, 6.45) is 1.65. The average Bonchev–Trinajstić information content (AvgIpc) is 2.38. The van der Waals surface area contributed by atoms with Gasteiger partial charge in [0.05, 0.1) is 6.10 Å². The molecule has 4 atom stereocenters. The maximum absolute atomic E-state index is 11.7. The number of carbonyl (C=O) groups is 1. The number of rotatable bonds is 4. The lowest BCUT2D eigenvalue weighted by molar-refractivity contribution is -0.164. The number of nitrogens with two attached hydrogens (primary N) is 1. The highest BCUT2D eigenvalue weighted by Gasteiger charge is 2.33. The summed E-state index contributed by atoms with van der Waals surface area (Å²) in [4.78, 5) is 11.7. The molecule has 0 amide bonds. The Labute approximate surface area is 115 Å². The van der Waals surface area contributed by atoms with Crippen LogP contribution in [0.5, 0.6) is 0 Å². The van der Waals surface area contributed by atoms with Crippen LogP contribution in [0.15, 0.2) is 0 Å². The number of cyclic esters (lactones) is 1. The molecular formula is C14H27NO4. The fraction of sp³-hybridized carbons (Fsp3) is 0.929. The Balaban J connectivity index is 2.73. The van der Waals surface area contributed by atoms with E-state index in [9.17, 15) is 4.79 Å². The maximum Gasteiger partial charge on any atom is 0.323 e. The van der Waals surface area contributed by atoms with Gasteiger partial charge in [-0.25, -0.2) is 0 Å². The van der Waals surface area contributed by atoms with Gasteiger partial charge in [0.25, 0.3) is 0 Å². The van der Waals surface area contributed by atoms with Gasteiger partial charge >= 0.3 is 5.97 Å². The van der Waals surface area contributed by atoms with Crippen molar-refractivity contribution in [3.63, 3.8) is 0 Å². The average molecular weight is 273 g/mol. The molecule has 5 nitrogen and oxygen atoms in total. The lowest BCUT2D eigenvalue weighted by Gasteiger charge is -2.30. The molecule has 1 fully saturated rings. The largest absolute Gasteiger partial charge is 0.459 e. The Hall–Kier alpha value is -0.650. The highest BCUT2D eigenvalue weighted by molar-refractivity contribution is 5.75. The summed E-state index contributed by atoms with van der Waals surface area (Å²) in [6.45, 7) is 6.72. The summed E-state index contributed by atoms with van der Waals surface area (Å²) in [5.41, 5.74) is 5.78. The van der Waals surface area contributed by atoms with Crippen LogP contribution in [0.3, 0.4) is 0 Å². The second-order valence-corrected chi connectivity index (χ2v) is 5.65. The van der Waals surface area contributed by atoms with Crippen molar-refractivity contribution in [2.45, 2.75) is 64.4 Å². The van der Waals surface area contributed by atoms with E-state index in [0.717, 1.165) is 12.8 Å². The fourth-order valence-corrected chi connectivity index (χ4v) is 2.30. The highest BCUT2D eigenvalue weighted by atomic mass is 16.6. The molecule has 112 valence electrons. The molecule has 0 saturated carbocycles. The summed E-state index contributed by atoms with van der Waals surface area (Å²) < 4.78 is 16.8. The molecule has 5 heteroatoms. The van der Waals surface area contributed by atoms with Gasteiger partial charge in [-0.3, -0.25) is 4.79 Å². The van der Waals surface area contributed by atoms with Crippen LogP contribution in [0.4, 0.5) is 0 Å². The molecule has 0 aliphatic carbocycles. The molecular weight excluding hydrogens is 246 g/mol. The van der Waals surface area contributed by atoms with E-state index in [1.807, 2.05) is 6.92 Å². The van der Waals surface area contributed by atoms with Crippen LogP contribution in [0.1, 0.15) is 40.0 Å². The van der Waals surface area contributed by atoms with Gasteiger partial charge in [0.2, 0.25) is 0 Å². The van der Waals surface area contributed by atoms with Crippen LogP contribution in [-0.2, 0) is 19.0 Å². The normalized spacial score (nSPS) is 33.5. The monoisotopic (exact) mass is 273 g/mol. The third kappa shape index (κ3) is 5.09. The van der Waals surface area contributed by atoms with E-state index in [0.29, 0.717) is 18.9 Å². The summed E-state index contributed by atoms with van der Waals surface area (Å²) in [5, 5.41) is 0. The first-order valence-electron chi connectivity index (χ1n) is 7.06. The molecule has 19 heavy (non-hydrogen) atoms. The lowest BCUT2D eigenvalue weighted by Crippen LogP contribution is -2.43. The molecule has 1 heterocycles. The number of carbonyl (C=O) groups excluding carboxylic acids is 1. The van der Waals surface area contributed by atoms with Gasteiger partial charge in [0, 0.05) is 13.7 Å². The molecule has 1 rings (SSSR count). The Kier molecular flexibility index (Phi) is 6.75. The summed E-state index contributed by atoms with van der Waals surface area (Å²) >= 11 is 0. The smallest absolute Gasteiger partial charge is 0.323 e. The van der Waals surface area contributed by atoms with Crippen molar-refractivity contribution in [2.75, 3.05) is 13.7 Å². The van der Waals surface area contributed by atoms with Gasteiger partial charge in [-0.05, 0) is 32.1 Å². The Bertz CT molecular complexity index is 283. The van der Waals surface area contributed by atoms with Crippen LogP contribution in [-0.4, -0.2) is 44.0 Å². The Morgan fingerprint density at radius 1 is 1.42 bits per heavy atom. The van der Waals surface area contributed by atoms with E-state index >= 15 is 0 Å². The molecule has 1 aliphatic heterocycles. The van der Waals surface area contributed by atoms with E-state index in [-0.39, 0.29) is 24.3 Å². The van der Waals surface area contributed by atoms with Gasteiger partial charge in [-0.15, -0.1) is 0 Å². The van der Waals surface area contributed by atoms with Crippen molar-refractivity contribution in [1.82, 2.24) is 0 Å². The van der Waals surface area contributed by atoms with Crippen LogP contribution >= 0.6 is 0 Å². The number of methoxy groups -OCH3 is 1. The standard InChI is InChI=1S/C14H27NO4/c1-9(2)8-18-12-7-5-6-11(15)14(16)19-10(3)13(12)17-4/h9-13H,5-8,15H2,1-4H3/t10-,11-,12-,13-/m0/s1. The van der Waals surface area contributed by atoms with Gasteiger partial charge in [-0.1, -0.05) is 13.8 Å². The van der Waals surface area contributed by atoms with Crippen molar-refractivity contribution in [3.8, 4) is 0 Å². The minimum absolute atomic E-state index is 0.0551. The first-order chi connectivity index (χ1) is 8.95. The molecule has 0 aromatic carbocycles. The van der Waals surface area contributed by atoms with Crippen LogP contribution in [0.25, 0.3) is 0 Å². The Morgan fingerprint density at radius 3 is 2.68 bits per heavy atom. The fourth-order valence-electron chi connectivity index (χ4n) is 2.30. The number of hydrogen-bond acceptors (Lipinski definition) is 5. The quantitative estimate of drug-likeness (QED) is 0.786. The van der Waals surface area contributed by atoms with Gasteiger partial charge in [0.1, 0.15) is 18.2 Å². The molecule has 0 unspecified atom stereocenters. The van der Waals surface area contributed by atoms with Crippen LogP contribution in [0.2, 0.25) is 0 Å². The van der Waals surface area contributed by atoms with E-state index < -0.39 is 6.04 Å². The minimum atomic E-state index is -0.538. The molecule has 1 aliphatic rings. The second-order valence-electron chi connectivity index (χ2n) is 5.65. The van der Waals surface area contributed by atoms with E-state index in [2.05, 4.69) is 13.8 Å². The van der Waals surface area contributed by atoms with Crippen molar-refractivity contribution in [2.24, 2.45) is 11.7 Å². The first kappa shape index (κ1) is 16.4. The van der Waals surface area contributed by atoms with Gasteiger partial charge < -0.3 is 19.9 Å². The predicted molar refractivity (Wildman–Crippen MR) is 72.8 cm³/mol. The molecule has 0 radical (unpaired) electrons. The third-order valence-electron chi connectivity index (χ3n) is 3.35. The number of hydrogen-bond donors (Lipinski definition) is 1. The molecule has 0 spiro atoms. The van der Waals surface area contributed by atoms with Crippen LogP contribution < -0.4 is 5.73 Å². The zero-order valence-corrected chi connectivity index (χ0v) is 12.4. The highest BCUT2D eigenvalue weighted by Crippen LogP contribution is 2.21. The summed E-state index contributed by atoms with van der Waals surface area (Å²) in [7, 11) is 1.62. The molecule has 0 aromatic rings. The van der Waals surface area contributed by atoms with Gasteiger partial charge in [0.15, 0.2) is 0 Å². The maximum atomic E-state index is 11.7. The van der Waals surface area contributed by atoms with E-state index in [1.165, 1.54) is 0 Å². The number of ether oxygens (including phenoxy) is 3. The number of esters is 1. The van der Waals surface area contributed by atoms with Crippen LogP contribution in [0, 0.1) is 5.92 Å². The predicted octanol–water partition coefficient (Wildman–Crippen LogP) is 1.49.